The van der Waals surface area contributed by atoms with Crippen molar-refractivity contribution in [2.45, 2.75) is 29.3 Å². The number of benzene rings is 2. The fraction of sp³-hybridized carbons (Fsp3) is 0.211. The fourth-order valence-electron chi connectivity index (χ4n) is 2.61. The minimum absolute atomic E-state index is 0.0708. The number of nitrogens with one attached hydrogen (secondary N) is 1. The van der Waals surface area contributed by atoms with Gasteiger partial charge in [-0.15, -0.1) is 10.2 Å². The first-order valence-corrected chi connectivity index (χ1v) is 10.9. The number of anilines is 1. The molecule has 0 unspecified atom stereocenters. The van der Waals surface area contributed by atoms with Crippen LogP contribution in [0.1, 0.15) is 6.92 Å². The number of amides is 1. The van der Waals surface area contributed by atoms with E-state index in [1.807, 2.05) is 23.6 Å². The molecule has 152 valence electrons. The van der Waals surface area contributed by atoms with Crippen LogP contribution in [0.2, 0.25) is 5.02 Å². The van der Waals surface area contributed by atoms with Crippen molar-refractivity contribution in [2.24, 2.45) is 0 Å². The molecule has 0 saturated carbocycles. The SMILES string of the molecule is CCn1c(SCC(=O)Nc2ccccc2SC(F)F)nnc1-c1cccc(Cl)c1. The van der Waals surface area contributed by atoms with Gasteiger partial charge in [0, 0.05) is 22.0 Å². The summed E-state index contributed by atoms with van der Waals surface area (Å²) in [6.45, 7) is 2.58. The minimum Gasteiger partial charge on any atom is -0.324 e. The highest BCUT2D eigenvalue weighted by Crippen LogP contribution is 2.32. The van der Waals surface area contributed by atoms with Crippen molar-refractivity contribution in [3.63, 3.8) is 0 Å². The molecule has 10 heteroatoms. The van der Waals surface area contributed by atoms with Crippen LogP contribution in [0.5, 0.6) is 0 Å². The lowest BCUT2D eigenvalue weighted by Gasteiger charge is -2.10. The number of nitrogens with zero attached hydrogens (tertiary/aromatic N) is 3. The van der Waals surface area contributed by atoms with Gasteiger partial charge in [-0.05, 0) is 31.2 Å². The lowest BCUT2D eigenvalue weighted by molar-refractivity contribution is -0.113. The molecule has 1 N–H and O–H groups in total. The number of hydrogen-bond donors (Lipinski definition) is 1. The predicted molar refractivity (Wildman–Crippen MR) is 114 cm³/mol. The van der Waals surface area contributed by atoms with Gasteiger partial charge < -0.3 is 9.88 Å². The maximum absolute atomic E-state index is 12.7. The summed E-state index contributed by atoms with van der Waals surface area (Å²) in [5.74, 6) is -2.14. The molecule has 3 aromatic rings. The Morgan fingerprint density at radius 3 is 2.72 bits per heavy atom. The van der Waals surface area contributed by atoms with Crippen LogP contribution in [0.25, 0.3) is 11.4 Å². The third kappa shape index (κ3) is 5.71. The molecule has 0 fully saturated rings. The lowest BCUT2D eigenvalue weighted by atomic mass is 10.2. The summed E-state index contributed by atoms with van der Waals surface area (Å²) in [4.78, 5) is 12.7. The van der Waals surface area contributed by atoms with E-state index in [1.165, 1.54) is 11.8 Å². The Bertz CT molecular complexity index is 1000. The second-order valence-corrected chi connectivity index (χ2v) is 8.18. The molecule has 0 aliphatic carbocycles. The number of halogens is 3. The van der Waals surface area contributed by atoms with Gasteiger partial charge in [0.1, 0.15) is 0 Å². The molecular formula is C19H17ClF2N4OS2. The molecule has 1 aromatic heterocycles. The van der Waals surface area contributed by atoms with E-state index in [2.05, 4.69) is 15.5 Å². The highest BCUT2D eigenvalue weighted by Gasteiger charge is 2.16. The quantitative estimate of drug-likeness (QED) is 0.445. The number of carbonyl (C=O) groups excluding carboxylic acids is 1. The maximum Gasteiger partial charge on any atom is 0.288 e. The monoisotopic (exact) mass is 454 g/mol. The van der Waals surface area contributed by atoms with Gasteiger partial charge in [0.25, 0.3) is 5.76 Å². The number of aromatic nitrogens is 3. The smallest absolute Gasteiger partial charge is 0.288 e. The van der Waals surface area contributed by atoms with Crippen LogP contribution in [0.4, 0.5) is 14.5 Å². The lowest BCUT2D eigenvalue weighted by Crippen LogP contribution is -2.15. The molecule has 5 nitrogen and oxygen atoms in total. The Kier molecular flexibility index (Phi) is 7.51. The second kappa shape index (κ2) is 10.1. The van der Waals surface area contributed by atoms with Crippen molar-refractivity contribution in [3.05, 3.63) is 53.6 Å². The fourth-order valence-corrected chi connectivity index (χ4v) is 4.19. The van der Waals surface area contributed by atoms with Crippen LogP contribution in [-0.2, 0) is 11.3 Å². The van der Waals surface area contributed by atoms with E-state index in [0.29, 0.717) is 44.9 Å². The van der Waals surface area contributed by atoms with E-state index in [4.69, 9.17) is 11.6 Å². The minimum atomic E-state index is -2.56. The zero-order valence-electron chi connectivity index (χ0n) is 15.3. The van der Waals surface area contributed by atoms with Gasteiger partial charge in [0.2, 0.25) is 5.91 Å². The first-order valence-electron chi connectivity index (χ1n) is 8.63. The van der Waals surface area contributed by atoms with Gasteiger partial charge in [-0.2, -0.15) is 8.78 Å². The number of thioether (sulfide) groups is 2. The second-order valence-electron chi connectivity index (χ2n) is 5.77. The van der Waals surface area contributed by atoms with Gasteiger partial charge in [0.15, 0.2) is 11.0 Å². The summed E-state index contributed by atoms with van der Waals surface area (Å²) in [5.41, 5.74) is 1.20. The molecule has 1 amide bonds. The van der Waals surface area contributed by atoms with Gasteiger partial charge in [0.05, 0.1) is 11.4 Å². The number of rotatable bonds is 8. The highest BCUT2D eigenvalue weighted by molar-refractivity contribution is 8.00. The first kappa shape index (κ1) is 21.6. The molecule has 3 rings (SSSR count). The molecule has 1 heterocycles. The van der Waals surface area contributed by atoms with E-state index in [0.717, 1.165) is 5.56 Å². The van der Waals surface area contributed by atoms with Crippen LogP contribution in [0.3, 0.4) is 0 Å². The van der Waals surface area contributed by atoms with Crippen LogP contribution < -0.4 is 5.32 Å². The molecule has 0 aliphatic heterocycles. The number of hydrogen-bond acceptors (Lipinski definition) is 5. The summed E-state index contributed by atoms with van der Waals surface area (Å²) in [7, 11) is 0. The molecule has 2 aromatic carbocycles. The predicted octanol–water partition coefficient (Wildman–Crippen LogP) is 5.66. The third-order valence-electron chi connectivity index (χ3n) is 3.83. The molecule has 0 aliphatic rings. The summed E-state index contributed by atoms with van der Waals surface area (Å²) in [6.07, 6.45) is 0. The number of para-hydroxylation sites is 1. The Balaban J connectivity index is 1.68. The average Bonchev–Trinajstić information content (AvgIpc) is 3.10. The molecule has 0 radical (unpaired) electrons. The van der Waals surface area contributed by atoms with Gasteiger partial charge in [-0.3, -0.25) is 4.79 Å². The van der Waals surface area contributed by atoms with Crippen LogP contribution in [0.15, 0.2) is 58.6 Å². The van der Waals surface area contributed by atoms with E-state index in [-0.39, 0.29) is 11.7 Å². The van der Waals surface area contributed by atoms with Crippen molar-refractivity contribution in [1.82, 2.24) is 14.8 Å². The molecule has 0 atom stereocenters. The van der Waals surface area contributed by atoms with Crippen LogP contribution in [-0.4, -0.2) is 32.2 Å². The summed E-state index contributed by atoms with van der Waals surface area (Å²) < 4.78 is 27.2. The maximum atomic E-state index is 12.7. The normalized spacial score (nSPS) is 11.1. The summed E-state index contributed by atoms with van der Waals surface area (Å²) in [6, 6.07) is 13.8. The number of alkyl halides is 2. The van der Waals surface area contributed by atoms with Crippen molar-refractivity contribution in [1.29, 1.82) is 0 Å². The van der Waals surface area contributed by atoms with Crippen molar-refractivity contribution >= 4 is 46.7 Å². The summed E-state index contributed by atoms with van der Waals surface area (Å²) >= 11 is 7.68. The van der Waals surface area contributed by atoms with Crippen LogP contribution in [0, 0.1) is 0 Å². The average molecular weight is 455 g/mol. The van der Waals surface area contributed by atoms with Crippen molar-refractivity contribution in [2.75, 3.05) is 11.1 Å². The largest absolute Gasteiger partial charge is 0.324 e. The number of carbonyl (C=O) groups is 1. The Labute approximate surface area is 180 Å². The molecule has 29 heavy (non-hydrogen) atoms. The Morgan fingerprint density at radius 1 is 1.21 bits per heavy atom. The van der Waals surface area contributed by atoms with E-state index >= 15 is 0 Å². The zero-order chi connectivity index (χ0) is 20.8. The first-order chi connectivity index (χ1) is 14.0. The Hall–Kier alpha value is -2.10. The topological polar surface area (TPSA) is 59.8 Å². The van der Waals surface area contributed by atoms with E-state index < -0.39 is 5.76 Å². The molecular weight excluding hydrogens is 438 g/mol. The van der Waals surface area contributed by atoms with Gasteiger partial charge >= 0.3 is 0 Å². The van der Waals surface area contributed by atoms with Crippen molar-refractivity contribution < 1.29 is 13.6 Å². The molecule has 0 saturated heterocycles. The van der Waals surface area contributed by atoms with Crippen LogP contribution >= 0.6 is 35.1 Å². The zero-order valence-corrected chi connectivity index (χ0v) is 17.7. The van der Waals surface area contributed by atoms with E-state index in [1.54, 1.807) is 36.4 Å². The molecule has 0 spiro atoms. The third-order valence-corrected chi connectivity index (χ3v) is 5.82. The Morgan fingerprint density at radius 2 is 2.00 bits per heavy atom. The van der Waals surface area contributed by atoms with E-state index in [9.17, 15) is 13.6 Å². The van der Waals surface area contributed by atoms with Gasteiger partial charge in [-0.1, -0.05) is 59.4 Å². The highest BCUT2D eigenvalue weighted by atomic mass is 35.5. The molecule has 0 bridgehead atoms. The standard InChI is InChI=1S/C19H17ClF2N4OS2/c1-2-26-17(12-6-5-7-13(20)10-12)24-25-19(26)28-11-16(27)23-14-8-3-4-9-15(14)29-18(21)22/h3-10,18H,2,11H2,1H3,(H,23,27). The van der Waals surface area contributed by atoms with Crippen molar-refractivity contribution in [3.8, 4) is 11.4 Å². The van der Waals surface area contributed by atoms with Gasteiger partial charge in [-0.25, -0.2) is 0 Å². The summed E-state index contributed by atoms with van der Waals surface area (Å²) in [5, 5.41) is 12.3.